The smallest absolute Gasteiger partial charge is 0.310 e. The summed E-state index contributed by atoms with van der Waals surface area (Å²) in [4.78, 5) is 11.6. The van der Waals surface area contributed by atoms with Gasteiger partial charge in [-0.1, -0.05) is 59.6 Å². The van der Waals surface area contributed by atoms with Gasteiger partial charge in [-0.05, 0) is 18.4 Å². The predicted molar refractivity (Wildman–Crippen MR) is 71.4 cm³/mol. The number of halogens is 1. The zero-order chi connectivity index (χ0) is 12.7. The third-order valence-electron chi connectivity index (χ3n) is 4.49. The molecule has 1 aliphatic rings. The molecule has 1 aromatic carbocycles. The van der Waals surface area contributed by atoms with E-state index >= 15 is 0 Å². The lowest BCUT2D eigenvalue weighted by atomic mass is 9.88. The number of hydrogen-bond acceptors (Lipinski definition) is 1. The monoisotopic (exact) mass is 296 g/mol. The van der Waals surface area contributed by atoms with Crippen LogP contribution in [0.25, 0.3) is 0 Å². The normalized spacial score (nSPS) is 35.6. The summed E-state index contributed by atoms with van der Waals surface area (Å²) in [6.45, 7) is 3.94. The van der Waals surface area contributed by atoms with Crippen LogP contribution >= 0.6 is 15.9 Å². The number of carboxylic acids is 1. The summed E-state index contributed by atoms with van der Waals surface area (Å²) in [6.07, 6.45) is 0.892. The third-order valence-corrected chi connectivity index (χ3v) is 5.37. The Balaban J connectivity index is 2.51. The summed E-state index contributed by atoms with van der Waals surface area (Å²) in [6, 6.07) is 10.0. The van der Waals surface area contributed by atoms with Crippen LogP contribution in [0.3, 0.4) is 0 Å². The molecule has 92 valence electrons. The van der Waals surface area contributed by atoms with Gasteiger partial charge in [-0.2, -0.15) is 0 Å². The molecule has 0 amide bonds. The number of aliphatic carboxylic acids is 1. The van der Waals surface area contributed by atoms with Crippen LogP contribution in [0.1, 0.15) is 25.8 Å². The fourth-order valence-electron chi connectivity index (χ4n) is 3.43. The first-order valence-electron chi connectivity index (χ1n) is 5.90. The van der Waals surface area contributed by atoms with Crippen molar-refractivity contribution >= 4 is 21.9 Å². The summed E-state index contributed by atoms with van der Waals surface area (Å²) in [7, 11) is 0. The van der Waals surface area contributed by atoms with Crippen molar-refractivity contribution in [2.24, 2.45) is 11.3 Å². The topological polar surface area (TPSA) is 37.3 Å². The van der Waals surface area contributed by atoms with Crippen molar-refractivity contribution in [3.63, 3.8) is 0 Å². The van der Waals surface area contributed by atoms with E-state index < -0.39 is 11.4 Å². The Morgan fingerprint density at radius 3 is 2.35 bits per heavy atom. The second-order valence-corrected chi connectivity index (χ2v) is 5.50. The Morgan fingerprint density at radius 2 is 2.00 bits per heavy atom. The first-order valence-corrected chi connectivity index (χ1v) is 7.02. The van der Waals surface area contributed by atoms with Crippen LogP contribution in [0.2, 0.25) is 0 Å². The lowest BCUT2D eigenvalue weighted by Gasteiger charge is -2.18. The van der Waals surface area contributed by atoms with E-state index in [-0.39, 0.29) is 11.3 Å². The van der Waals surface area contributed by atoms with Crippen LogP contribution in [0.4, 0.5) is 0 Å². The molecule has 1 N–H and O–H groups in total. The maximum atomic E-state index is 11.6. The highest BCUT2D eigenvalue weighted by atomic mass is 79.9. The van der Waals surface area contributed by atoms with Crippen LogP contribution < -0.4 is 0 Å². The van der Waals surface area contributed by atoms with Gasteiger partial charge >= 0.3 is 5.97 Å². The number of benzene rings is 1. The van der Waals surface area contributed by atoms with Gasteiger partial charge in [0.1, 0.15) is 0 Å². The molecule has 2 rings (SSSR count). The van der Waals surface area contributed by atoms with Crippen LogP contribution in [0.5, 0.6) is 0 Å². The van der Waals surface area contributed by atoms with Crippen molar-refractivity contribution in [2.45, 2.75) is 25.7 Å². The molecule has 2 nitrogen and oxygen atoms in total. The van der Waals surface area contributed by atoms with Gasteiger partial charge in [-0.15, -0.1) is 0 Å². The summed E-state index contributed by atoms with van der Waals surface area (Å²) in [5.41, 5.74) is 0.232. The maximum absolute atomic E-state index is 11.6. The van der Waals surface area contributed by atoms with E-state index in [0.29, 0.717) is 5.33 Å². The Kier molecular flexibility index (Phi) is 3.06. The van der Waals surface area contributed by atoms with Gasteiger partial charge in [-0.3, -0.25) is 4.79 Å². The Hall–Kier alpha value is -0.830. The van der Waals surface area contributed by atoms with Crippen molar-refractivity contribution < 1.29 is 9.90 Å². The van der Waals surface area contributed by atoms with Crippen LogP contribution in [0, 0.1) is 11.3 Å². The fraction of sp³-hybridized carbons (Fsp3) is 0.500. The molecule has 1 saturated carbocycles. The van der Waals surface area contributed by atoms with Crippen molar-refractivity contribution in [3.8, 4) is 0 Å². The van der Waals surface area contributed by atoms with Gasteiger partial charge in [-0.25, -0.2) is 0 Å². The van der Waals surface area contributed by atoms with Crippen molar-refractivity contribution in [2.75, 3.05) is 5.33 Å². The molecule has 0 radical (unpaired) electrons. The van der Waals surface area contributed by atoms with Crippen LogP contribution in [-0.4, -0.2) is 16.4 Å². The molecule has 3 heteroatoms. The molecule has 3 atom stereocenters. The van der Waals surface area contributed by atoms with Gasteiger partial charge in [0.2, 0.25) is 0 Å². The molecule has 0 bridgehead atoms. The predicted octanol–water partition coefficient (Wildman–Crippen LogP) is 3.45. The highest BCUT2D eigenvalue weighted by Crippen LogP contribution is 2.71. The molecular weight excluding hydrogens is 280 g/mol. The quantitative estimate of drug-likeness (QED) is 0.864. The van der Waals surface area contributed by atoms with Gasteiger partial charge in [0.15, 0.2) is 0 Å². The van der Waals surface area contributed by atoms with E-state index in [4.69, 9.17) is 0 Å². The Labute approximate surface area is 110 Å². The molecule has 0 aromatic heterocycles. The van der Waals surface area contributed by atoms with Crippen LogP contribution in [0.15, 0.2) is 30.3 Å². The van der Waals surface area contributed by atoms with Gasteiger partial charge in [0, 0.05) is 10.7 Å². The number of rotatable bonds is 4. The van der Waals surface area contributed by atoms with Crippen molar-refractivity contribution in [1.82, 2.24) is 0 Å². The van der Waals surface area contributed by atoms with E-state index in [0.717, 1.165) is 12.0 Å². The minimum atomic E-state index is -0.687. The van der Waals surface area contributed by atoms with Crippen LogP contribution in [-0.2, 0) is 10.2 Å². The molecule has 1 aliphatic carbocycles. The zero-order valence-electron chi connectivity index (χ0n) is 10.1. The van der Waals surface area contributed by atoms with E-state index in [2.05, 4.69) is 22.9 Å². The van der Waals surface area contributed by atoms with Gasteiger partial charge in [0.25, 0.3) is 0 Å². The molecule has 17 heavy (non-hydrogen) atoms. The molecule has 1 unspecified atom stereocenters. The average Bonchev–Trinajstić information content (AvgIpc) is 2.92. The summed E-state index contributed by atoms with van der Waals surface area (Å²) in [5.74, 6) is -0.484. The minimum Gasteiger partial charge on any atom is -0.481 e. The van der Waals surface area contributed by atoms with E-state index in [1.165, 1.54) is 0 Å². The molecule has 1 aromatic rings. The second kappa shape index (κ2) is 4.13. The lowest BCUT2D eigenvalue weighted by molar-refractivity contribution is -0.143. The van der Waals surface area contributed by atoms with Crippen molar-refractivity contribution in [3.05, 3.63) is 35.9 Å². The minimum absolute atomic E-state index is 0.203. The summed E-state index contributed by atoms with van der Waals surface area (Å²) in [5, 5.41) is 10.2. The Morgan fingerprint density at radius 1 is 1.41 bits per heavy atom. The fourth-order valence-corrected chi connectivity index (χ4v) is 4.73. The average molecular weight is 297 g/mol. The molecule has 0 aliphatic heterocycles. The van der Waals surface area contributed by atoms with Crippen molar-refractivity contribution in [1.29, 1.82) is 0 Å². The van der Waals surface area contributed by atoms with E-state index in [9.17, 15) is 9.90 Å². The summed E-state index contributed by atoms with van der Waals surface area (Å²) < 4.78 is 0. The standard InChI is InChI=1S/C14H17BrO2/c1-3-11-13(2,12(16)17)14(11,9-15)10-7-5-4-6-8-10/h4-8,11H,3,9H2,1-2H3,(H,16,17)/t11?,13-,14+/m0/s1. The molecule has 0 spiro atoms. The largest absolute Gasteiger partial charge is 0.481 e. The van der Waals surface area contributed by atoms with Gasteiger partial charge < -0.3 is 5.11 Å². The van der Waals surface area contributed by atoms with Gasteiger partial charge in [0.05, 0.1) is 5.41 Å². The highest BCUT2D eigenvalue weighted by Gasteiger charge is 2.76. The molecular formula is C14H17BrO2. The second-order valence-electron chi connectivity index (χ2n) is 4.94. The number of carbonyl (C=O) groups is 1. The third kappa shape index (κ3) is 1.41. The molecule has 0 heterocycles. The molecule has 0 saturated heterocycles. The summed E-state index contributed by atoms with van der Waals surface area (Å²) >= 11 is 3.53. The first kappa shape index (κ1) is 12.6. The zero-order valence-corrected chi connectivity index (χ0v) is 11.7. The van der Waals surface area contributed by atoms with E-state index in [1.807, 2.05) is 37.3 Å². The highest BCUT2D eigenvalue weighted by molar-refractivity contribution is 9.09. The Bertz CT molecular complexity index is 431. The SMILES string of the molecule is CCC1[C@@](C)(C(=O)O)[C@]1(CBr)c1ccccc1. The maximum Gasteiger partial charge on any atom is 0.310 e. The number of carboxylic acid groups (broad SMARTS) is 1. The lowest BCUT2D eigenvalue weighted by Crippen LogP contribution is -2.25. The number of hydrogen-bond donors (Lipinski definition) is 1. The molecule has 1 fully saturated rings. The number of alkyl halides is 1. The van der Waals surface area contributed by atoms with E-state index in [1.54, 1.807) is 0 Å². The first-order chi connectivity index (χ1) is 8.05.